The molecule has 1 spiro atoms. The van der Waals surface area contributed by atoms with Gasteiger partial charge in [0, 0.05) is 12.3 Å². The maximum absolute atomic E-state index is 12.0. The highest BCUT2D eigenvalue weighted by molar-refractivity contribution is 5.99. The first-order chi connectivity index (χ1) is 8.07. The lowest BCUT2D eigenvalue weighted by Crippen LogP contribution is -2.51. The summed E-state index contributed by atoms with van der Waals surface area (Å²) in [4.78, 5) is 23.6. The van der Waals surface area contributed by atoms with Gasteiger partial charge >= 0.3 is 0 Å². The molecule has 2 aliphatic rings. The predicted octanol–water partition coefficient (Wildman–Crippen LogP) is 2.65. The molecule has 0 radical (unpaired) electrons. The van der Waals surface area contributed by atoms with Crippen LogP contribution in [0.25, 0.3) is 0 Å². The molecule has 1 saturated carbocycles. The quantitative estimate of drug-likeness (QED) is 0.713. The molecule has 0 aromatic carbocycles. The van der Waals surface area contributed by atoms with Crippen molar-refractivity contribution in [3.63, 3.8) is 0 Å². The van der Waals surface area contributed by atoms with E-state index in [0.717, 1.165) is 38.0 Å². The number of rotatable bonds is 1. The van der Waals surface area contributed by atoms with Crippen molar-refractivity contribution in [2.75, 3.05) is 0 Å². The molecule has 3 heteroatoms. The Balaban J connectivity index is 2.24. The van der Waals surface area contributed by atoms with Crippen molar-refractivity contribution >= 4 is 11.8 Å². The van der Waals surface area contributed by atoms with Gasteiger partial charge in [0.15, 0.2) is 0 Å². The molecule has 1 aliphatic heterocycles. The van der Waals surface area contributed by atoms with Crippen molar-refractivity contribution in [3.8, 4) is 0 Å². The fourth-order valence-electron chi connectivity index (χ4n) is 3.74. The molecular formula is C14H23NO2. The van der Waals surface area contributed by atoms with Gasteiger partial charge in [0.05, 0.1) is 0 Å². The zero-order valence-electron chi connectivity index (χ0n) is 10.9. The molecular weight excluding hydrogens is 214 g/mol. The Labute approximate surface area is 103 Å². The van der Waals surface area contributed by atoms with Crippen LogP contribution >= 0.6 is 0 Å². The first-order valence-electron chi connectivity index (χ1n) is 6.91. The molecule has 0 bridgehead atoms. The summed E-state index contributed by atoms with van der Waals surface area (Å²) in [7, 11) is 0. The van der Waals surface area contributed by atoms with Crippen LogP contribution in [0.4, 0.5) is 0 Å². The minimum atomic E-state index is -0.0609. The minimum Gasteiger partial charge on any atom is -0.296 e. The normalized spacial score (nSPS) is 38.9. The number of carbonyl (C=O) groups excluding carboxylic acids is 2. The van der Waals surface area contributed by atoms with Crippen molar-refractivity contribution in [2.45, 2.75) is 58.8 Å². The van der Waals surface area contributed by atoms with Crippen LogP contribution in [0.3, 0.4) is 0 Å². The molecule has 0 aromatic heterocycles. The van der Waals surface area contributed by atoms with E-state index in [4.69, 9.17) is 0 Å². The van der Waals surface area contributed by atoms with Gasteiger partial charge in [0.1, 0.15) is 0 Å². The van der Waals surface area contributed by atoms with Gasteiger partial charge < -0.3 is 0 Å². The molecule has 1 heterocycles. The zero-order chi connectivity index (χ0) is 12.5. The molecule has 96 valence electrons. The molecule has 3 nitrogen and oxygen atoms in total. The van der Waals surface area contributed by atoms with E-state index in [1.165, 1.54) is 6.42 Å². The van der Waals surface area contributed by atoms with E-state index in [9.17, 15) is 9.59 Å². The highest BCUT2D eigenvalue weighted by Crippen LogP contribution is 2.48. The highest BCUT2D eigenvalue weighted by atomic mass is 16.2. The molecule has 1 N–H and O–H groups in total. The molecule has 2 amide bonds. The van der Waals surface area contributed by atoms with E-state index >= 15 is 0 Å². The van der Waals surface area contributed by atoms with E-state index in [1.54, 1.807) is 0 Å². The third-order valence-electron chi connectivity index (χ3n) is 4.75. The Hall–Kier alpha value is -0.860. The lowest BCUT2D eigenvalue weighted by atomic mass is 9.64. The fourth-order valence-corrected chi connectivity index (χ4v) is 3.74. The zero-order valence-corrected chi connectivity index (χ0v) is 10.9. The Morgan fingerprint density at radius 3 is 2.76 bits per heavy atom. The van der Waals surface area contributed by atoms with Crippen LogP contribution in [0.1, 0.15) is 58.8 Å². The predicted molar refractivity (Wildman–Crippen MR) is 66.2 cm³/mol. The van der Waals surface area contributed by atoms with Gasteiger partial charge in [0.25, 0.3) is 0 Å². The number of carbonyl (C=O) groups is 2. The van der Waals surface area contributed by atoms with Gasteiger partial charge in [-0.15, -0.1) is 0 Å². The number of nitrogens with one attached hydrogen (secondary N) is 1. The number of hydrogen-bond acceptors (Lipinski definition) is 2. The van der Waals surface area contributed by atoms with Crippen molar-refractivity contribution in [3.05, 3.63) is 0 Å². The van der Waals surface area contributed by atoms with Crippen LogP contribution in [0.5, 0.6) is 0 Å². The molecule has 3 atom stereocenters. The molecule has 2 fully saturated rings. The lowest BCUT2D eigenvalue weighted by Gasteiger charge is -2.42. The first kappa shape index (κ1) is 12.6. The van der Waals surface area contributed by atoms with E-state index in [1.807, 2.05) is 0 Å². The SMILES string of the molecule is CCC1C(=O)NC(=O)CC12CCCC(C)CC2. The topological polar surface area (TPSA) is 46.2 Å². The Morgan fingerprint density at radius 1 is 1.29 bits per heavy atom. The summed E-state index contributed by atoms with van der Waals surface area (Å²) < 4.78 is 0. The second-order valence-electron chi connectivity index (χ2n) is 5.95. The van der Waals surface area contributed by atoms with Gasteiger partial charge in [-0.25, -0.2) is 0 Å². The lowest BCUT2D eigenvalue weighted by molar-refractivity contribution is -0.144. The van der Waals surface area contributed by atoms with Gasteiger partial charge in [-0.1, -0.05) is 33.1 Å². The first-order valence-corrected chi connectivity index (χ1v) is 6.91. The summed E-state index contributed by atoms with van der Waals surface area (Å²) >= 11 is 0. The maximum Gasteiger partial charge on any atom is 0.230 e. The monoisotopic (exact) mass is 237 g/mol. The molecule has 1 saturated heterocycles. The Bertz CT molecular complexity index is 326. The van der Waals surface area contributed by atoms with Crippen LogP contribution in [0.2, 0.25) is 0 Å². The third kappa shape index (κ3) is 2.38. The number of piperidine rings is 1. The molecule has 3 unspecified atom stereocenters. The summed E-state index contributed by atoms with van der Waals surface area (Å²) in [5, 5.41) is 2.51. The van der Waals surface area contributed by atoms with Crippen molar-refractivity contribution in [1.82, 2.24) is 5.32 Å². The minimum absolute atomic E-state index is 0.0288. The Kier molecular flexibility index (Phi) is 3.55. The van der Waals surface area contributed by atoms with Gasteiger partial charge in [0.2, 0.25) is 11.8 Å². The van der Waals surface area contributed by atoms with E-state index in [-0.39, 0.29) is 23.1 Å². The third-order valence-corrected chi connectivity index (χ3v) is 4.75. The summed E-state index contributed by atoms with van der Waals surface area (Å²) in [5.74, 6) is 0.699. The fraction of sp³-hybridized carbons (Fsp3) is 0.857. The molecule has 2 rings (SSSR count). The van der Waals surface area contributed by atoms with Gasteiger partial charge in [-0.05, 0) is 30.6 Å². The second kappa shape index (κ2) is 4.79. The molecule has 0 aromatic rings. The number of imide groups is 1. The van der Waals surface area contributed by atoms with Crippen LogP contribution in [0.15, 0.2) is 0 Å². The number of hydrogen-bond donors (Lipinski definition) is 1. The van der Waals surface area contributed by atoms with Crippen LogP contribution in [-0.2, 0) is 9.59 Å². The average Bonchev–Trinajstić information content (AvgIpc) is 2.42. The van der Waals surface area contributed by atoms with Crippen molar-refractivity contribution in [1.29, 1.82) is 0 Å². The summed E-state index contributed by atoms with van der Waals surface area (Å²) in [6, 6.07) is 0. The second-order valence-corrected chi connectivity index (χ2v) is 5.95. The Morgan fingerprint density at radius 2 is 2.06 bits per heavy atom. The standard InChI is InChI=1S/C14H23NO2/c1-3-11-13(17)15-12(16)9-14(11)7-4-5-10(2)6-8-14/h10-11H,3-9H2,1-2H3,(H,15,16,17). The van der Waals surface area contributed by atoms with Crippen LogP contribution in [0, 0.1) is 17.3 Å². The largest absolute Gasteiger partial charge is 0.296 e. The van der Waals surface area contributed by atoms with E-state index in [0.29, 0.717) is 6.42 Å². The van der Waals surface area contributed by atoms with Crippen LogP contribution < -0.4 is 5.32 Å². The van der Waals surface area contributed by atoms with Crippen molar-refractivity contribution in [2.24, 2.45) is 17.3 Å². The summed E-state index contributed by atoms with van der Waals surface area (Å²) in [6.07, 6.45) is 7.08. The highest BCUT2D eigenvalue weighted by Gasteiger charge is 2.47. The number of amides is 2. The average molecular weight is 237 g/mol. The van der Waals surface area contributed by atoms with Crippen molar-refractivity contribution < 1.29 is 9.59 Å². The van der Waals surface area contributed by atoms with E-state index < -0.39 is 0 Å². The van der Waals surface area contributed by atoms with Crippen LogP contribution in [-0.4, -0.2) is 11.8 Å². The van der Waals surface area contributed by atoms with Gasteiger partial charge in [-0.3, -0.25) is 14.9 Å². The molecule has 1 aliphatic carbocycles. The summed E-state index contributed by atoms with van der Waals surface area (Å²) in [5.41, 5.74) is -0.0288. The van der Waals surface area contributed by atoms with E-state index in [2.05, 4.69) is 19.2 Å². The smallest absolute Gasteiger partial charge is 0.230 e. The summed E-state index contributed by atoms with van der Waals surface area (Å²) in [6.45, 7) is 4.35. The molecule has 17 heavy (non-hydrogen) atoms. The maximum atomic E-state index is 12.0. The van der Waals surface area contributed by atoms with Gasteiger partial charge in [-0.2, -0.15) is 0 Å².